The van der Waals surface area contributed by atoms with E-state index in [1.807, 2.05) is 24.3 Å². The third-order valence-corrected chi connectivity index (χ3v) is 6.74. The molecule has 0 heterocycles. The van der Waals surface area contributed by atoms with Crippen molar-refractivity contribution in [1.82, 2.24) is 10.2 Å². The summed E-state index contributed by atoms with van der Waals surface area (Å²) in [6.45, 7) is 2.02. The summed E-state index contributed by atoms with van der Waals surface area (Å²) in [4.78, 5) is 27.5. The smallest absolute Gasteiger partial charge is 0.242 e. The quantitative estimate of drug-likeness (QED) is 0.558. The average Bonchev–Trinajstić information content (AvgIpc) is 3.26. The van der Waals surface area contributed by atoms with Crippen molar-refractivity contribution in [2.45, 2.75) is 57.0 Å². The molecular formula is C24H28ClFN2O2S. The topological polar surface area (TPSA) is 49.4 Å². The predicted molar refractivity (Wildman–Crippen MR) is 124 cm³/mol. The third kappa shape index (κ3) is 7.25. The van der Waals surface area contributed by atoms with E-state index in [1.54, 1.807) is 24.0 Å². The van der Waals surface area contributed by atoms with Crippen LogP contribution >= 0.6 is 23.4 Å². The highest BCUT2D eigenvalue weighted by Gasteiger charge is 2.28. The highest BCUT2D eigenvalue weighted by Crippen LogP contribution is 2.20. The molecule has 0 aliphatic heterocycles. The summed E-state index contributed by atoms with van der Waals surface area (Å²) >= 11 is 7.51. The molecule has 0 bridgehead atoms. The molecular weight excluding hydrogens is 435 g/mol. The number of carbonyl (C=O) groups is 2. The van der Waals surface area contributed by atoms with Crippen molar-refractivity contribution < 1.29 is 14.0 Å². The van der Waals surface area contributed by atoms with Crippen molar-refractivity contribution in [3.8, 4) is 0 Å². The molecule has 2 aromatic rings. The highest BCUT2D eigenvalue weighted by molar-refractivity contribution is 7.99. The molecule has 1 aliphatic rings. The molecule has 0 spiro atoms. The first kappa shape index (κ1) is 23.6. The molecule has 4 nitrogen and oxygen atoms in total. The summed E-state index contributed by atoms with van der Waals surface area (Å²) in [5.41, 5.74) is 1.83. The molecule has 7 heteroatoms. The number of halogens is 2. The molecule has 2 amide bonds. The first-order valence-electron chi connectivity index (χ1n) is 10.6. The van der Waals surface area contributed by atoms with Crippen LogP contribution in [0.1, 0.15) is 43.7 Å². The standard InChI is InChI=1S/C24H28ClFN2O2S/c1-17(24(30)27-22-7-2-3-8-22)28(14-18-9-11-21(26)12-10-18)23(29)16-31-15-19-5-4-6-20(25)13-19/h4-6,9-13,17,22H,2-3,7-8,14-16H2,1H3,(H,27,30)/t17-/m0/s1. The molecule has 0 radical (unpaired) electrons. The van der Waals surface area contributed by atoms with Gasteiger partial charge in [0.25, 0.3) is 0 Å². The van der Waals surface area contributed by atoms with Crippen molar-refractivity contribution in [1.29, 1.82) is 0 Å². The molecule has 1 N–H and O–H groups in total. The normalized spacial score (nSPS) is 14.9. The van der Waals surface area contributed by atoms with E-state index in [2.05, 4.69) is 5.32 Å². The largest absolute Gasteiger partial charge is 0.352 e. The number of rotatable bonds is 9. The Balaban J connectivity index is 1.64. The minimum Gasteiger partial charge on any atom is -0.352 e. The summed E-state index contributed by atoms with van der Waals surface area (Å²) in [7, 11) is 0. The Morgan fingerprint density at radius 2 is 1.87 bits per heavy atom. The van der Waals surface area contributed by atoms with Crippen molar-refractivity contribution >= 4 is 35.2 Å². The molecule has 1 atom stereocenters. The van der Waals surface area contributed by atoms with Crippen LogP contribution in [0.5, 0.6) is 0 Å². The highest BCUT2D eigenvalue weighted by atomic mass is 35.5. The molecule has 1 aliphatic carbocycles. The number of carbonyl (C=O) groups excluding carboxylic acids is 2. The summed E-state index contributed by atoms with van der Waals surface area (Å²) in [5.74, 6) is 0.312. The second kappa shape index (κ2) is 11.5. The zero-order chi connectivity index (χ0) is 22.2. The number of amides is 2. The second-order valence-electron chi connectivity index (χ2n) is 7.94. The van der Waals surface area contributed by atoms with Gasteiger partial charge in [0.15, 0.2) is 0 Å². The molecule has 3 rings (SSSR count). The van der Waals surface area contributed by atoms with Crippen molar-refractivity contribution in [3.05, 3.63) is 70.5 Å². The lowest BCUT2D eigenvalue weighted by Crippen LogP contribution is -2.50. The van der Waals surface area contributed by atoms with Gasteiger partial charge in [-0.05, 0) is 55.2 Å². The van der Waals surface area contributed by atoms with Crippen LogP contribution in [0.4, 0.5) is 4.39 Å². The molecule has 0 unspecified atom stereocenters. The van der Waals surface area contributed by atoms with Gasteiger partial charge in [-0.15, -0.1) is 11.8 Å². The van der Waals surface area contributed by atoms with E-state index in [4.69, 9.17) is 11.6 Å². The number of hydrogen-bond acceptors (Lipinski definition) is 3. The van der Waals surface area contributed by atoms with Crippen molar-refractivity contribution in [3.63, 3.8) is 0 Å². The Morgan fingerprint density at radius 1 is 1.16 bits per heavy atom. The number of benzene rings is 2. The lowest BCUT2D eigenvalue weighted by atomic mass is 10.1. The van der Waals surface area contributed by atoms with E-state index in [0.717, 1.165) is 36.8 Å². The van der Waals surface area contributed by atoms with Crippen LogP contribution in [0, 0.1) is 5.82 Å². The number of hydrogen-bond donors (Lipinski definition) is 1. The Labute approximate surface area is 192 Å². The van der Waals surface area contributed by atoms with Crippen LogP contribution in [0.15, 0.2) is 48.5 Å². The predicted octanol–water partition coefficient (Wildman–Crippen LogP) is 5.19. The number of thioether (sulfide) groups is 1. The zero-order valence-electron chi connectivity index (χ0n) is 17.7. The minimum absolute atomic E-state index is 0.120. The van der Waals surface area contributed by atoms with E-state index in [0.29, 0.717) is 10.8 Å². The zero-order valence-corrected chi connectivity index (χ0v) is 19.2. The van der Waals surface area contributed by atoms with E-state index in [-0.39, 0.29) is 36.0 Å². The summed E-state index contributed by atoms with van der Waals surface area (Å²) < 4.78 is 13.3. The SMILES string of the molecule is C[C@@H](C(=O)NC1CCCC1)N(Cc1ccc(F)cc1)C(=O)CSCc1cccc(Cl)c1. The first-order chi connectivity index (χ1) is 14.9. The van der Waals surface area contributed by atoms with Crippen LogP contribution in [0.2, 0.25) is 5.02 Å². The van der Waals surface area contributed by atoms with Gasteiger partial charge in [0.05, 0.1) is 5.75 Å². The van der Waals surface area contributed by atoms with Crippen LogP contribution < -0.4 is 5.32 Å². The summed E-state index contributed by atoms with van der Waals surface area (Å²) in [5, 5.41) is 3.75. The van der Waals surface area contributed by atoms with Gasteiger partial charge in [-0.2, -0.15) is 0 Å². The Hall–Kier alpha value is -2.05. The monoisotopic (exact) mass is 462 g/mol. The molecule has 2 aromatic carbocycles. The third-order valence-electron chi connectivity index (χ3n) is 5.52. The van der Waals surface area contributed by atoms with Gasteiger partial charge in [-0.25, -0.2) is 4.39 Å². The van der Waals surface area contributed by atoms with Gasteiger partial charge in [0, 0.05) is 23.4 Å². The minimum atomic E-state index is -0.607. The summed E-state index contributed by atoms with van der Waals surface area (Å²) in [6, 6.07) is 13.2. The molecule has 166 valence electrons. The van der Waals surface area contributed by atoms with Crippen molar-refractivity contribution in [2.75, 3.05) is 5.75 Å². The molecule has 1 fully saturated rings. The average molecular weight is 463 g/mol. The molecule has 0 aromatic heterocycles. The van der Waals surface area contributed by atoms with Gasteiger partial charge >= 0.3 is 0 Å². The second-order valence-corrected chi connectivity index (χ2v) is 9.36. The first-order valence-corrected chi connectivity index (χ1v) is 12.1. The Kier molecular flexibility index (Phi) is 8.79. The van der Waals surface area contributed by atoms with Gasteiger partial charge in [-0.3, -0.25) is 9.59 Å². The van der Waals surface area contributed by atoms with Gasteiger partial charge in [-0.1, -0.05) is 48.7 Å². The van der Waals surface area contributed by atoms with Crippen LogP contribution in [-0.4, -0.2) is 34.6 Å². The van der Waals surface area contributed by atoms with E-state index in [9.17, 15) is 14.0 Å². The maximum atomic E-state index is 13.3. The fourth-order valence-corrected chi connectivity index (χ4v) is 4.80. The number of nitrogens with one attached hydrogen (secondary N) is 1. The molecule has 31 heavy (non-hydrogen) atoms. The van der Waals surface area contributed by atoms with Crippen molar-refractivity contribution in [2.24, 2.45) is 0 Å². The Bertz CT molecular complexity index is 887. The summed E-state index contributed by atoms with van der Waals surface area (Å²) in [6.07, 6.45) is 4.22. The van der Waals surface area contributed by atoms with Crippen LogP contribution in [0.25, 0.3) is 0 Å². The van der Waals surface area contributed by atoms with Gasteiger partial charge in [0.1, 0.15) is 11.9 Å². The van der Waals surface area contributed by atoms with Crippen LogP contribution in [0.3, 0.4) is 0 Å². The fourth-order valence-electron chi connectivity index (χ4n) is 3.73. The number of nitrogens with zero attached hydrogens (tertiary/aromatic N) is 1. The fraction of sp³-hybridized carbons (Fsp3) is 0.417. The lowest BCUT2D eigenvalue weighted by molar-refractivity contribution is -0.138. The van der Waals surface area contributed by atoms with E-state index < -0.39 is 6.04 Å². The maximum absolute atomic E-state index is 13.3. The van der Waals surface area contributed by atoms with Gasteiger partial charge in [0.2, 0.25) is 11.8 Å². The molecule has 1 saturated carbocycles. The van der Waals surface area contributed by atoms with E-state index >= 15 is 0 Å². The lowest BCUT2D eigenvalue weighted by Gasteiger charge is -2.29. The molecule has 0 saturated heterocycles. The van der Waals surface area contributed by atoms with E-state index in [1.165, 1.54) is 23.9 Å². The van der Waals surface area contributed by atoms with Gasteiger partial charge < -0.3 is 10.2 Å². The maximum Gasteiger partial charge on any atom is 0.242 e. The van der Waals surface area contributed by atoms with Crippen LogP contribution in [-0.2, 0) is 21.9 Å². The Morgan fingerprint density at radius 3 is 2.55 bits per heavy atom.